The van der Waals surface area contributed by atoms with Crippen LogP contribution in [0.25, 0.3) is 0 Å². The number of ether oxygens (including phenoxy) is 1. The van der Waals surface area contributed by atoms with Gasteiger partial charge in [0.2, 0.25) is 0 Å². The zero-order valence-electron chi connectivity index (χ0n) is 20.8. The Bertz CT molecular complexity index is 1030. The summed E-state index contributed by atoms with van der Waals surface area (Å²) >= 11 is 0. The lowest BCUT2D eigenvalue weighted by Crippen LogP contribution is -2.56. The molecule has 1 heterocycles. The lowest BCUT2D eigenvalue weighted by molar-refractivity contribution is 0.0172. The van der Waals surface area contributed by atoms with Gasteiger partial charge in [-0.1, -0.05) is 36.8 Å². The van der Waals surface area contributed by atoms with Crippen LogP contribution in [-0.2, 0) is 5.54 Å². The normalized spacial score (nSPS) is 27.5. The molecule has 2 saturated carbocycles. The van der Waals surface area contributed by atoms with Crippen molar-refractivity contribution in [2.24, 2.45) is 5.92 Å². The van der Waals surface area contributed by atoms with Crippen LogP contribution in [-0.4, -0.2) is 55.7 Å². The molecule has 182 valence electrons. The van der Waals surface area contributed by atoms with Crippen molar-refractivity contribution in [2.45, 2.75) is 56.0 Å². The van der Waals surface area contributed by atoms with Gasteiger partial charge in [0.1, 0.15) is 5.75 Å². The molecule has 2 N–H and O–H groups in total. The number of hydrogen-bond donors (Lipinski definition) is 1. The number of hydrogen-bond acceptors (Lipinski definition) is 4. The first kappa shape index (κ1) is 23.0. The van der Waals surface area contributed by atoms with Gasteiger partial charge in [0.25, 0.3) is 0 Å². The molecule has 0 radical (unpaired) electrons. The van der Waals surface area contributed by atoms with Gasteiger partial charge in [0.15, 0.2) is 0 Å². The molecule has 0 aromatic heterocycles. The third-order valence-corrected chi connectivity index (χ3v) is 8.82. The Labute approximate surface area is 203 Å². The summed E-state index contributed by atoms with van der Waals surface area (Å²) in [4.78, 5) is 20.5. The van der Waals surface area contributed by atoms with Crippen LogP contribution >= 0.6 is 0 Å². The molecule has 2 aromatic carbocycles. The Morgan fingerprint density at radius 3 is 2.35 bits per heavy atom. The summed E-state index contributed by atoms with van der Waals surface area (Å²) in [5.74, 6) is 1.29. The molecular weight excluding hydrogens is 424 g/mol. The Balaban J connectivity index is 1.47. The van der Waals surface area contributed by atoms with Crippen molar-refractivity contribution in [1.82, 2.24) is 9.80 Å². The van der Waals surface area contributed by atoms with E-state index in [9.17, 15) is 4.79 Å². The molecule has 2 aliphatic carbocycles. The molecule has 0 atom stereocenters. The van der Waals surface area contributed by atoms with Gasteiger partial charge in [-0.25, -0.2) is 4.79 Å². The molecule has 5 rings (SSSR count). The van der Waals surface area contributed by atoms with E-state index in [0.717, 1.165) is 37.9 Å². The minimum absolute atomic E-state index is 0.00397. The smallest absolute Gasteiger partial charge is 0.325 e. The van der Waals surface area contributed by atoms with Gasteiger partial charge >= 0.3 is 6.03 Å². The second-order valence-corrected chi connectivity index (χ2v) is 10.7. The molecule has 6 heteroatoms. The Hall–Kier alpha value is -2.73. The number of benzene rings is 2. The topological polar surface area (TPSA) is 62.0 Å². The van der Waals surface area contributed by atoms with Crippen LogP contribution in [0.2, 0.25) is 0 Å². The lowest BCUT2D eigenvalue weighted by atomic mass is 9.68. The molecule has 1 saturated heterocycles. The van der Waals surface area contributed by atoms with Crippen molar-refractivity contribution < 1.29 is 9.53 Å². The molecule has 2 amide bonds. The van der Waals surface area contributed by atoms with Gasteiger partial charge in [0, 0.05) is 23.8 Å². The third kappa shape index (κ3) is 3.72. The van der Waals surface area contributed by atoms with Crippen LogP contribution in [0.3, 0.4) is 0 Å². The maximum absolute atomic E-state index is 13.9. The van der Waals surface area contributed by atoms with E-state index in [4.69, 9.17) is 10.5 Å². The fourth-order valence-corrected chi connectivity index (χ4v) is 6.41. The van der Waals surface area contributed by atoms with Crippen LogP contribution in [0.4, 0.5) is 16.2 Å². The zero-order chi connectivity index (χ0) is 23.9. The number of nitrogens with zero attached hydrogens (tertiary/aromatic N) is 3. The monoisotopic (exact) mass is 462 g/mol. The van der Waals surface area contributed by atoms with E-state index < -0.39 is 0 Å². The first-order valence-electron chi connectivity index (χ1n) is 12.6. The molecule has 0 bridgehead atoms. The average Bonchev–Trinajstić information content (AvgIpc) is 3.08. The van der Waals surface area contributed by atoms with E-state index in [1.54, 1.807) is 7.11 Å². The van der Waals surface area contributed by atoms with Gasteiger partial charge in [-0.15, -0.1) is 0 Å². The second-order valence-electron chi connectivity index (χ2n) is 10.7. The van der Waals surface area contributed by atoms with E-state index in [-0.39, 0.29) is 17.1 Å². The number of anilines is 2. The van der Waals surface area contributed by atoms with E-state index in [1.807, 2.05) is 23.1 Å². The van der Waals surface area contributed by atoms with Crippen LogP contribution in [0.1, 0.15) is 50.5 Å². The number of carbonyl (C=O) groups excluding carboxylic acids is 1. The van der Waals surface area contributed by atoms with E-state index in [1.165, 1.54) is 24.8 Å². The quantitative estimate of drug-likeness (QED) is 0.608. The number of rotatable bonds is 6. The third-order valence-electron chi connectivity index (χ3n) is 8.82. The van der Waals surface area contributed by atoms with Crippen molar-refractivity contribution in [1.29, 1.82) is 0 Å². The van der Waals surface area contributed by atoms with Crippen LogP contribution < -0.4 is 15.4 Å². The summed E-state index contributed by atoms with van der Waals surface area (Å²) in [6.07, 6.45) is 7.80. The summed E-state index contributed by atoms with van der Waals surface area (Å²) in [7, 11) is 6.04. The minimum Gasteiger partial charge on any atom is -0.494 e. The number of nitrogens with two attached hydrogens (primary N) is 1. The van der Waals surface area contributed by atoms with Gasteiger partial charge < -0.3 is 15.4 Å². The van der Waals surface area contributed by atoms with Crippen molar-refractivity contribution in [3.63, 3.8) is 0 Å². The second kappa shape index (κ2) is 8.81. The Morgan fingerprint density at radius 2 is 1.76 bits per heavy atom. The highest BCUT2D eigenvalue weighted by Crippen LogP contribution is 2.51. The number of amides is 2. The molecule has 6 nitrogen and oxygen atoms in total. The van der Waals surface area contributed by atoms with Crippen molar-refractivity contribution >= 4 is 17.4 Å². The molecular formula is C28H38N4O2. The molecule has 3 aliphatic rings. The predicted molar refractivity (Wildman–Crippen MR) is 137 cm³/mol. The molecule has 1 spiro atoms. The van der Waals surface area contributed by atoms with Crippen LogP contribution in [0, 0.1) is 5.92 Å². The van der Waals surface area contributed by atoms with Crippen molar-refractivity contribution in [3.8, 4) is 5.75 Å². The van der Waals surface area contributed by atoms with Crippen molar-refractivity contribution in [2.75, 3.05) is 44.9 Å². The minimum atomic E-state index is -0.145. The summed E-state index contributed by atoms with van der Waals surface area (Å²) in [5, 5.41) is 0. The maximum Gasteiger partial charge on any atom is 0.325 e. The first-order chi connectivity index (χ1) is 16.4. The Kier molecular flexibility index (Phi) is 5.96. The standard InChI is InChI=1S/C28H38N4O2/c1-30(2)28(22-10-5-4-6-11-22)16-14-27(15-17-28)20-31(24-13-12-23(29)18-25(24)34-3)26(33)32(27)19-21-8-7-9-21/h4-6,10-13,18,21H,7-9,14-17,19-20,29H2,1-3H3. The molecule has 3 fully saturated rings. The molecule has 0 unspecified atom stereocenters. The fraction of sp³-hybridized carbons (Fsp3) is 0.536. The van der Waals surface area contributed by atoms with E-state index in [0.29, 0.717) is 23.9 Å². The van der Waals surface area contributed by atoms with Crippen LogP contribution in [0.15, 0.2) is 48.5 Å². The summed E-state index contributed by atoms with van der Waals surface area (Å²) in [6.45, 7) is 1.57. The van der Waals surface area contributed by atoms with Crippen LogP contribution in [0.5, 0.6) is 5.75 Å². The lowest BCUT2D eigenvalue weighted by Gasteiger charge is -2.51. The van der Waals surface area contributed by atoms with Gasteiger partial charge in [-0.3, -0.25) is 9.80 Å². The van der Waals surface area contributed by atoms with Gasteiger partial charge in [-0.2, -0.15) is 0 Å². The number of carbonyl (C=O) groups is 1. The highest BCUT2D eigenvalue weighted by atomic mass is 16.5. The summed E-state index contributed by atoms with van der Waals surface area (Å²) in [5.41, 5.74) is 8.71. The molecule has 34 heavy (non-hydrogen) atoms. The van der Waals surface area contributed by atoms with E-state index in [2.05, 4.69) is 54.2 Å². The molecule has 2 aromatic rings. The number of nitrogen functional groups attached to an aromatic ring is 1. The highest BCUT2D eigenvalue weighted by Gasteiger charge is 2.55. The average molecular weight is 463 g/mol. The van der Waals surface area contributed by atoms with Gasteiger partial charge in [-0.05, 0) is 76.2 Å². The first-order valence-corrected chi connectivity index (χ1v) is 12.6. The van der Waals surface area contributed by atoms with Crippen molar-refractivity contribution in [3.05, 3.63) is 54.1 Å². The highest BCUT2D eigenvalue weighted by molar-refractivity contribution is 5.97. The summed E-state index contributed by atoms with van der Waals surface area (Å²) < 4.78 is 5.63. The number of methoxy groups -OCH3 is 1. The fourth-order valence-electron chi connectivity index (χ4n) is 6.41. The molecule has 1 aliphatic heterocycles. The largest absolute Gasteiger partial charge is 0.494 e. The summed E-state index contributed by atoms with van der Waals surface area (Å²) in [6, 6.07) is 16.6. The number of urea groups is 1. The predicted octanol–water partition coefficient (Wildman–Crippen LogP) is 5.09. The van der Waals surface area contributed by atoms with Gasteiger partial charge in [0.05, 0.1) is 24.9 Å². The van der Waals surface area contributed by atoms with E-state index >= 15 is 0 Å². The zero-order valence-corrected chi connectivity index (χ0v) is 20.8. The Morgan fingerprint density at radius 1 is 1.06 bits per heavy atom. The maximum atomic E-state index is 13.9. The SMILES string of the molecule is COc1cc(N)ccc1N1CC2(CCC(c3ccccc3)(N(C)C)CC2)N(CC2CCC2)C1=O.